The maximum Gasteiger partial charge on any atom is 0.241 e. The number of morpholine rings is 1. The van der Waals surface area contributed by atoms with Gasteiger partial charge in [-0.3, -0.25) is 4.79 Å². The molecule has 132 valence electrons. The Morgan fingerprint density at radius 1 is 1.08 bits per heavy atom. The van der Waals surface area contributed by atoms with Gasteiger partial charge in [0.1, 0.15) is 0 Å². The second-order valence-electron chi connectivity index (χ2n) is 6.41. The number of carbonyl (C=O) groups excluding carboxylic acids is 1. The Kier molecular flexibility index (Phi) is 6.21. The van der Waals surface area contributed by atoms with Crippen LogP contribution in [0.15, 0.2) is 18.2 Å². The monoisotopic (exact) mass is 351 g/mol. The molecule has 6 heteroatoms. The van der Waals surface area contributed by atoms with E-state index in [0.29, 0.717) is 11.6 Å². The van der Waals surface area contributed by atoms with E-state index in [0.717, 1.165) is 63.6 Å². The third kappa shape index (κ3) is 4.54. The van der Waals surface area contributed by atoms with E-state index in [1.807, 2.05) is 23.1 Å². The summed E-state index contributed by atoms with van der Waals surface area (Å²) in [6.07, 6.45) is 4.68. The highest BCUT2D eigenvalue weighted by Crippen LogP contribution is 2.29. The Labute approximate surface area is 148 Å². The van der Waals surface area contributed by atoms with Crippen LogP contribution in [0.3, 0.4) is 0 Å². The molecule has 2 fully saturated rings. The third-order valence-electron chi connectivity index (χ3n) is 4.70. The highest BCUT2D eigenvalue weighted by atomic mass is 35.5. The zero-order valence-corrected chi connectivity index (χ0v) is 14.9. The average Bonchev–Trinajstić information content (AvgIpc) is 2.90. The molecule has 1 N–H and O–H groups in total. The first kappa shape index (κ1) is 17.4. The zero-order chi connectivity index (χ0) is 16.8. The summed E-state index contributed by atoms with van der Waals surface area (Å²) in [5, 5.41) is 3.99. The van der Waals surface area contributed by atoms with Gasteiger partial charge in [-0.05, 0) is 31.0 Å². The maximum atomic E-state index is 12.5. The standard InChI is InChI=1S/C18H26ClN3O2/c19-15-5-6-17(21-9-11-24-12-10-21)16(13-15)20-14-18(23)22-7-3-1-2-4-8-22/h5-6,13,20H,1-4,7-12,14H2. The summed E-state index contributed by atoms with van der Waals surface area (Å²) < 4.78 is 5.43. The lowest BCUT2D eigenvalue weighted by Gasteiger charge is -2.31. The smallest absolute Gasteiger partial charge is 0.241 e. The zero-order valence-electron chi connectivity index (χ0n) is 14.1. The summed E-state index contributed by atoms with van der Waals surface area (Å²) in [7, 11) is 0. The number of hydrogen-bond donors (Lipinski definition) is 1. The highest BCUT2D eigenvalue weighted by Gasteiger charge is 2.18. The summed E-state index contributed by atoms with van der Waals surface area (Å²) in [5.41, 5.74) is 2.01. The first-order chi connectivity index (χ1) is 11.7. The minimum absolute atomic E-state index is 0.171. The van der Waals surface area contributed by atoms with Crippen LogP contribution in [0, 0.1) is 0 Å². The Balaban J connectivity index is 1.65. The van der Waals surface area contributed by atoms with Crippen LogP contribution in [-0.2, 0) is 9.53 Å². The minimum Gasteiger partial charge on any atom is -0.378 e. The Morgan fingerprint density at radius 2 is 1.79 bits per heavy atom. The number of benzene rings is 1. The van der Waals surface area contributed by atoms with Gasteiger partial charge in [0.25, 0.3) is 0 Å². The van der Waals surface area contributed by atoms with Gasteiger partial charge in [0.05, 0.1) is 31.1 Å². The molecule has 0 unspecified atom stereocenters. The van der Waals surface area contributed by atoms with Crippen molar-refractivity contribution in [2.75, 3.05) is 56.2 Å². The van der Waals surface area contributed by atoms with Crippen LogP contribution in [0.25, 0.3) is 0 Å². The number of amides is 1. The van der Waals surface area contributed by atoms with E-state index < -0.39 is 0 Å². The van der Waals surface area contributed by atoms with Gasteiger partial charge >= 0.3 is 0 Å². The van der Waals surface area contributed by atoms with Gasteiger partial charge < -0.3 is 19.9 Å². The quantitative estimate of drug-likeness (QED) is 0.905. The molecule has 2 saturated heterocycles. The van der Waals surface area contributed by atoms with Crippen LogP contribution in [0.1, 0.15) is 25.7 Å². The van der Waals surface area contributed by atoms with Crippen molar-refractivity contribution in [3.05, 3.63) is 23.2 Å². The van der Waals surface area contributed by atoms with Crippen molar-refractivity contribution in [3.63, 3.8) is 0 Å². The van der Waals surface area contributed by atoms with Crippen LogP contribution < -0.4 is 10.2 Å². The van der Waals surface area contributed by atoms with Crippen LogP contribution in [0.5, 0.6) is 0 Å². The summed E-state index contributed by atoms with van der Waals surface area (Å²) >= 11 is 6.16. The normalized spacial score (nSPS) is 19.0. The molecule has 1 aromatic carbocycles. The second-order valence-corrected chi connectivity index (χ2v) is 6.85. The molecular formula is C18H26ClN3O2. The molecule has 1 amide bonds. The lowest BCUT2D eigenvalue weighted by molar-refractivity contribution is -0.129. The van der Waals surface area contributed by atoms with E-state index in [9.17, 15) is 4.79 Å². The SMILES string of the molecule is O=C(CNc1cc(Cl)ccc1N1CCOCC1)N1CCCCCC1. The number of halogens is 1. The molecule has 2 heterocycles. The number of anilines is 2. The molecule has 1 aromatic rings. The summed E-state index contributed by atoms with van der Waals surface area (Å²) in [5.74, 6) is 0.171. The van der Waals surface area contributed by atoms with Crippen LogP contribution in [0.2, 0.25) is 5.02 Å². The number of nitrogens with zero attached hydrogens (tertiary/aromatic N) is 2. The second kappa shape index (κ2) is 8.58. The summed E-state index contributed by atoms with van der Waals surface area (Å²) in [6.45, 7) is 5.26. The highest BCUT2D eigenvalue weighted by molar-refractivity contribution is 6.31. The van der Waals surface area contributed by atoms with Gasteiger partial charge in [-0.1, -0.05) is 24.4 Å². The van der Waals surface area contributed by atoms with Gasteiger partial charge in [0.2, 0.25) is 5.91 Å². The topological polar surface area (TPSA) is 44.8 Å². The number of carbonyl (C=O) groups is 1. The molecule has 3 rings (SSSR count). The molecule has 0 aliphatic carbocycles. The van der Waals surface area contributed by atoms with E-state index in [2.05, 4.69) is 10.2 Å². The molecule has 0 saturated carbocycles. The third-order valence-corrected chi connectivity index (χ3v) is 4.93. The molecule has 2 aliphatic rings. The fourth-order valence-electron chi connectivity index (χ4n) is 3.33. The number of nitrogens with one attached hydrogen (secondary N) is 1. The van der Waals surface area contributed by atoms with Crippen molar-refractivity contribution in [2.45, 2.75) is 25.7 Å². The van der Waals surface area contributed by atoms with Gasteiger partial charge in [-0.2, -0.15) is 0 Å². The van der Waals surface area contributed by atoms with Gasteiger partial charge in [0.15, 0.2) is 0 Å². The largest absolute Gasteiger partial charge is 0.378 e. The van der Waals surface area contributed by atoms with E-state index in [4.69, 9.17) is 16.3 Å². The number of hydrogen-bond acceptors (Lipinski definition) is 4. The van der Waals surface area contributed by atoms with E-state index in [1.54, 1.807) is 0 Å². The molecule has 0 bridgehead atoms. The van der Waals surface area contributed by atoms with Crippen LogP contribution in [-0.4, -0.2) is 56.7 Å². The van der Waals surface area contributed by atoms with Crippen LogP contribution in [0.4, 0.5) is 11.4 Å². The molecular weight excluding hydrogens is 326 g/mol. The molecule has 24 heavy (non-hydrogen) atoms. The maximum absolute atomic E-state index is 12.5. The first-order valence-electron chi connectivity index (χ1n) is 8.88. The van der Waals surface area contributed by atoms with Crippen LogP contribution >= 0.6 is 11.6 Å². The van der Waals surface area contributed by atoms with Crippen molar-refractivity contribution in [1.82, 2.24) is 4.90 Å². The van der Waals surface area contributed by atoms with Gasteiger partial charge in [-0.25, -0.2) is 0 Å². The number of rotatable bonds is 4. The number of likely N-dealkylation sites (tertiary alicyclic amines) is 1. The van der Waals surface area contributed by atoms with Crippen molar-refractivity contribution in [1.29, 1.82) is 0 Å². The van der Waals surface area contributed by atoms with Crippen molar-refractivity contribution < 1.29 is 9.53 Å². The number of ether oxygens (including phenoxy) is 1. The Hall–Kier alpha value is -1.46. The first-order valence-corrected chi connectivity index (χ1v) is 9.26. The average molecular weight is 352 g/mol. The molecule has 0 aromatic heterocycles. The summed E-state index contributed by atoms with van der Waals surface area (Å²) in [6, 6.07) is 5.82. The molecule has 5 nitrogen and oxygen atoms in total. The summed E-state index contributed by atoms with van der Waals surface area (Å²) in [4.78, 5) is 16.8. The van der Waals surface area contributed by atoms with E-state index in [1.165, 1.54) is 12.8 Å². The van der Waals surface area contributed by atoms with Crippen molar-refractivity contribution in [3.8, 4) is 0 Å². The fourth-order valence-corrected chi connectivity index (χ4v) is 3.50. The Bertz CT molecular complexity index is 553. The van der Waals surface area contributed by atoms with E-state index in [-0.39, 0.29) is 5.91 Å². The predicted octanol–water partition coefficient (Wildman–Crippen LogP) is 2.99. The minimum atomic E-state index is 0.171. The predicted molar refractivity (Wildman–Crippen MR) is 98.0 cm³/mol. The lowest BCUT2D eigenvalue weighted by Crippen LogP contribution is -2.38. The Morgan fingerprint density at radius 3 is 2.50 bits per heavy atom. The molecule has 0 atom stereocenters. The van der Waals surface area contributed by atoms with E-state index >= 15 is 0 Å². The van der Waals surface area contributed by atoms with Gasteiger partial charge in [-0.15, -0.1) is 0 Å². The molecule has 0 radical (unpaired) electrons. The lowest BCUT2D eigenvalue weighted by atomic mass is 10.2. The molecule has 2 aliphatic heterocycles. The van der Waals surface area contributed by atoms with Crippen molar-refractivity contribution in [2.24, 2.45) is 0 Å². The fraction of sp³-hybridized carbons (Fsp3) is 0.611. The van der Waals surface area contributed by atoms with Gasteiger partial charge in [0, 0.05) is 31.2 Å². The molecule has 0 spiro atoms. The van der Waals surface area contributed by atoms with Crippen molar-refractivity contribution >= 4 is 28.9 Å².